The molecule has 0 spiro atoms. The number of aryl methyl sites for hydroxylation is 1. The third-order valence-electron chi connectivity index (χ3n) is 3.81. The molecule has 1 heterocycles. The summed E-state index contributed by atoms with van der Waals surface area (Å²) in [6.07, 6.45) is 3.46. The summed E-state index contributed by atoms with van der Waals surface area (Å²) in [5, 5.41) is 3.33. The Kier molecular flexibility index (Phi) is 4.61. The molecule has 100 valence electrons. The minimum absolute atomic E-state index is 0.243. The zero-order valence-corrected chi connectivity index (χ0v) is 11.5. The van der Waals surface area contributed by atoms with E-state index in [2.05, 4.69) is 30.4 Å². The topological polar surface area (TPSA) is 30.5 Å². The molecule has 1 N–H and O–H groups in total. The molecule has 2 unspecified atom stereocenters. The third kappa shape index (κ3) is 3.03. The molecule has 1 aromatic rings. The minimum Gasteiger partial charge on any atom is -0.493 e. The minimum atomic E-state index is 0.243. The lowest BCUT2D eigenvalue weighted by Gasteiger charge is -2.22. The highest BCUT2D eigenvalue weighted by Crippen LogP contribution is 2.26. The van der Waals surface area contributed by atoms with Gasteiger partial charge in [-0.25, -0.2) is 0 Å². The van der Waals surface area contributed by atoms with Crippen molar-refractivity contribution in [2.24, 2.45) is 0 Å². The molecule has 1 aliphatic heterocycles. The molecule has 0 saturated heterocycles. The van der Waals surface area contributed by atoms with Crippen LogP contribution in [0.5, 0.6) is 5.75 Å². The van der Waals surface area contributed by atoms with Crippen LogP contribution in [-0.2, 0) is 17.6 Å². The zero-order valence-electron chi connectivity index (χ0n) is 11.5. The Labute approximate surface area is 109 Å². The van der Waals surface area contributed by atoms with Gasteiger partial charge < -0.3 is 14.8 Å². The first kappa shape index (κ1) is 13.4. The van der Waals surface area contributed by atoms with E-state index in [-0.39, 0.29) is 6.10 Å². The number of benzene rings is 1. The summed E-state index contributed by atoms with van der Waals surface area (Å²) in [5.74, 6) is 1.06. The maximum atomic E-state index is 5.52. The van der Waals surface area contributed by atoms with Gasteiger partial charge >= 0.3 is 0 Å². The van der Waals surface area contributed by atoms with Crippen molar-refractivity contribution in [2.45, 2.75) is 38.3 Å². The van der Waals surface area contributed by atoms with Crippen molar-refractivity contribution < 1.29 is 9.47 Å². The van der Waals surface area contributed by atoms with E-state index in [1.807, 2.05) is 7.05 Å². The van der Waals surface area contributed by atoms with E-state index in [4.69, 9.17) is 9.47 Å². The lowest BCUT2D eigenvalue weighted by molar-refractivity contribution is 0.0829. The number of ether oxygens (including phenoxy) is 2. The van der Waals surface area contributed by atoms with Crippen molar-refractivity contribution >= 4 is 0 Å². The molecule has 0 saturated carbocycles. The predicted molar refractivity (Wildman–Crippen MR) is 73.3 cm³/mol. The first-order valence-electron chi connectivity index (χ1n) is 6.69. The van der Waals surface area contributed by atoms with E-state index >= 15 is 0 Å². The molecule has 0 fully saturated rings. The molecule has 2 rings (SSSR count). The van der Waals surface area contributed by atoms with Crippen molar-refractivity contribution in [1.29, 1.82) is 0 Å². The second-order valence-corrected chi connectivity index (χ2v) is 4.92. The van der Waals surface area contributed by atoms with Gasteiger partial charge in [-0.3, -0.25) is 0 Å². The number of fused-ring (bicyclic) bond motifs is 1. The van der Waals surface area contributed by atoms with Crippen LogP contribution >= 0.6 is 0 Å². The molecular weight excluding hydrogens is 226 g/mol. The maximum absolute atomic E-state index is 5.52. The Morgan fingerprint density at radius 2 is 2.28 bits per heavy atom. The average molecular weight is 249 g/mol. The second kappa shape index (κ2) is 6.21. The lowest BCUT2D eigenvalue weighted by atomic mass is 10.00. The van der Waals surface area contributed by atoms with E-state index in [0.717, 1.165) is 31.6 Å². The fourth-order valence-electron chi connectivity index (χ4n) is 2.50. The van der Waals surface area contributed by atoms with E-state index in [1.165, 1.54) is 11.1 Å². The van der Waals surface area contributed by atoms with Gasteiger partial charge in [-0.2, -0.15) is 0 Å². The van der Waals surface area contributed by atoms with Crippen molar-refractivity contribution in [3.63, 3.8) is 0 Å². The summed E-state index contributed by atoms with van der Waals surface area (Å²) in [4.78, 5) is 0. The van der Waals surface area contributed by atoms with Crippen LogP contribution < -0.4 is 10.1 Å². The van der Waals surface area contributed by atoms with Crippen LogP contribution in [0.25, 0.3) is 0 Å². The van der Waals surface area contributed by atoms with Crippen LogP contribution in [0.4, 0.5) is 0 Å². The maximum Gasteiger partial charge on any atom is 0.122 e. The first-order chi connectivity index (χ1) is 8.74. The summed E-state index contributed by atoms with van der Waals surface area (Å²) in [6, 6.07) is 6.96. The van der Waals surface area contributed by atoms with E-state index in [0.29, 0.717) is 6.04 Å². The molecule has 0 radical (unpaired) electrons. The number of nitrogens with one attached hydrogen (secondary N) is 1. The van der Waals surface area contributed by atoms with Gasteiger partial charge in [0.2, 0.25) is 0 Å². The molecule has 0 aliphatic carbocycles. The summed E-state index contributed by atoms with van der Waals surface area (Å²) >= 11 is 0. The Balaban J connectivity index is 1.93. The highest BCUT2D eigenvalue weighted by atomic mass is 16.5. The molecule has 3 nitrogen and oxygen atoms in total. The summed E-state index contributed by atoms with van der Waals surface area (Å²) in [5.41, 5.74) is 2.75. The molecule has 0 aromatic heterocycles. The van der Waals surface area contributed by atoms with Crippen LogP contribution in [0.15, 0.2) is 18.2 Å². The molecule has 0 bridgehead atoms. The Morgan fingerprint density at radius 1 is 1.44 bits per heavy atom. The van der Waals surface area contributed by atoms with Gasteiger partial charge in [0.25, 0.3) is 0 Å². The predicted octanol–water partition coefficient (Wildman–Crippen LogP) is 2.18. The number of hydrogen-bond donors (Lipinski definition) is 1. The van der Waals surface area contributed by atoms with Crippen LogP contribution in [0.3, 0.4) is 0 Å². The van der Waals surface area contributed by atoms with Crippen molar-refractivity contribution in [1.82, 2.24) is 5.32 Å². The molecule has 0 amide bonds. The van der Waals surface area contributed by atoms with Crippen LogP contribution in [0.2, 0.25) is 0 Å². The normalized spacial score (nSPS) is 17.1. The van der Waals surface area contributed by atoms with Gasteiger partial charge in [-0.05, 0) is 44.0 Å². The molecule has 1 aliphatic rings. The monoisotopic (exact) mass is 249 g/mol. The molecular formula is C15H23NO2. The van der Waals surface area contributed by atoms with Gasteiger partial charge in [0.15, 0.2) is 0 Å². The third-order valence-corrected chi connectivity index (χ3v) is 3.81. The molecule has 18 heavy (non-hydrogen) atoms. The Bertz CT molecular complexity index is 392. The Morgan fingerprint density at radius 3 is 3.00 bits per heavy atom. The van der Waals surface area contributed by atoms with Gasteiger partial charge in [-0.1, -0.05) is 12.1 Å². The number of hydrogen-bond acceptors (Lipinski definition) is 3. The summed E-state index contributed by atoms with van der Waals surface area (Å²) in [6.45, 7) is 2.94. The van der Waals surface area contributed by atoms with E-state index in [1.54, 1.807) is 7.11 Å². The van der Waals surface area contributed by atoms with Crippen LogP contribution in [0, 0.1) is 0 Å². The van der Waals surface area contributed by atoms with Gasteiger partial charge in [0, 0.05) is 19.6 Å². The van der Waals surface area contributed by atoms with Gasteiger partial charge in [0.05, 0.1) is 12.7 Å². The molecule has 3 heteroatoms. The van der Waals surface area contributed by atoms with Crippen LogP contribution in [-0.4, -0.2) is 32.9 Å². The standard InChI is InChI=1S/C15H23NO2/c1-11(17-3)14(16-2)6-4-12-5-7-15-13(10-12)8-9-18-15/h5,7,10-11,14,16H,4,6,8-9H2,1-3H3. The SMILES string of the molecule is CNC(CCc1ccc2c(c1)CCO2)C(C)OC. The summed E-state index contributed by atoms with van der Waals surface area (Å²) < 4.78 is 10.9. The summed E-state index contributed by atoms with van der Waals surface area (Å²) in [7, 11) is 3.76. The average Bonchev–Trinajstić information content (AvgIpc) is 2.86. The van der Waals surface area contributed by atoms with Crippen molar-refractivity contribution in [2.75, 3.05) is 20.8 Å². The first-order valence-corrected chi connectivity index (χ1v) is 6.69. The number of likely N-dealkylation sites (N-methyl/N-ethyl adjacent to an activating group) is 1. The molecule has 1 aromatic carbocycles. The van der Waals surface area contributed by atoms with E-state index < -0.39 is 0 Å². The highest BCUT2D eigenvalue weighted by molar-refractivity contribution is 5.39. The van der Waals surface area contributed by atoms with E-state index in [9.17, 15) is 0 Å². The van der Waals surface area contributed by atoms with Gasteiger partial charge in [-0.15, -0.1) is 0 Å². The highest BCUT2D eigenvalue weighted by Gasteiger charge is 2.16. The van der Waals surface area contributed by atoms with Crippen molar-refractivity contribution in [3.05, 3.63) is 29.3 Å². The van der Waals surface area contributed by atoms with Gasteiger partial charge in [0.1, 0.15) is 5.75 Å². The van der Waals surface area contributed by atoms with Crippen LogP contribution in [0.1, 0.15) is 24.5 Å². The molecule has 2 atom stereocenters. The smallest absolute Gasteiger partial charge is 0.122 e. The zero-order chi connectivity index (χ0) is 13.0. The number of methoxy groups -OCH3 is 1. The fraction of sp³-hybridized carbons (Fsp3) is 0.600. The quantitative estimate of drug-likeness (QED) is 0.838. The largest absolute Gasteiger partial charge is 0.493 e. The number of rotatable bonds is 6. The lowest BCUT2D eigenvalue weighted by Crippen LogP contribution is -2.37. The Hall–Kier alpha value is -1.06. The van der Waals surface area contributed by atoms with Crippen molar-refractivity contribution in [3.8, 4) is 5.75 Å². The fourth-order valence-corrected chi connectivity index (χ4v) is 2.50. The second-order valence-electron chi connectivity index (χ2n) is 4.92.